The summed E-state index contributed by atoms with van der Waals surface area (Å²) in [6, 6.07) is 3.82. The molecule has 0 rings (SSSR count). The molecule has 0 amide bonds. The fourth-order valence-corrected chi connectivity index (χ4v) is 5.26. The van der Waals surface area contributed by atoms with E-state index < -0.39 is 8.32 Å². The molecule has 0 saturated heterocycles. The van der Waals surface area contributed by atoms with Crippen LogP contribution in [-0.2, 0) is 4.43 Å². The smallest absolute Gasteiger partial charge is 0.192 e. The molecule has 3 heteroatoms. The predicted molar refractivity (Wildman–Crippen MR) is 75.9 cm³/mol. The van der Waals surface area contributed by atoms with Crippen LogP contribution in [0.2, 0.25) is 18.1 Å². The third kappa shape index (κ3) is 5.12. The normalized spacial score (nSPS) is 14.4. The monoisotopic (exact) mass is 328 g/mol. The molecule has 0 radical (unpaired) electrons. The summed E-state index contributed by atoms with van der Waals surface area (Å²) in [6.07, 6.45) is 3.01. The molecule has 0 aliphatic heterocycles. The van der Waals surface area contributed by atoms with Gasteiger partial charge in [-0.1, -0.05) is 43.4 Å². The highest BCUT2D eigenvalue weighted by Gasteiger charge is 2.30. The number of rotatable bonds is 8. The Bertz CT molecular complexity index is 129. The lowest BCUT2D eigenvalue weighted by atomic mass is 10.2. The molecule has 0 bridgehead atoms. The average Bonchev–Trinajstić information content (AvgIpc) is 2.23. The second kappa shape index (κ2) is 8.10. The number of hydrogen-bond donors (Lipinski definition) is 0. The molecule has 1 nitrogen and oxygen atoms in total. The fourth-order valence-electron chi connectivity index (χ4n) is 1.85. The van der Waals surface area contributed by atoms with E-state index in [0.717, 1.165) is 0 Å². The SMILES string of the molecule is CC[Si](CC)(CC)OC(C)CCCI. The van der Waals surface area contributed by atoms with Gasteiger partial charge in [-0.3, -0.25) is 0 Å². The van der Waals surface area contributed by atoms with Gasteiger partial charge >= 0.3 is 0 Å². The van der Waals surface area contributed by atoms with Crippen LogP contribution in [0.3, 0.4) is 0 Å². The molecule has 0 aromatic rings. The Morgan fingerprint density at radius 1 is 1.14 bits per heavy atom. The molecule has 0 fully saturated rings. The van der Waals surface area contributed by atoms with Crippen LogP contribution in [0.4, 0.5) is 0 Å². The van der Waals surface area contributed by atoms with E-state index >= 15 is 0 Å². The minimum absolute atomic E-state index is 0.483. The average molecular weight is 328 g/mol. The molecular formula is C11H25IOSi. The van der Waals surface area contributed by atoms with E-state index in [1.165, 1.54) is 35.4 Å². The first kappa shape index (κ1) is 14.9. The number of hydrogen-bond acceptors (Lipinski definition) is 1. The van der Waals surface area contributed by atoms with Crippen LogP contribution < -0.4 is 0 Å². The Morgan fingerprint density at radius 3 is 2.00 bits per heavy atom. The van der Waals surface area contributed by atoms with E-state index in [1.54, 1.807) is 0 Å². The van der Waals surface area contributed by atoms with Crippen molar-refractivity contribution >= 4 is 30.9 Å². The van der Waals surface area contributed by atoms with Crippen molar-refractivity contribution in [2.75, 3.05) is 4.43 Å². The van der Waals surface area contributed by atoms with Gasteiger partial charge in [0.25, 0.3) is 0 Å². The molecule has 0 heterocycles. The molecule has 0 aromatic heterocycles. The highest BCUT2D eigenvalue weighted by atomic mass is 127. The largest absolute Gasteiger partial charge is 0.414 e. The third-order valence-corrected chi connectivity index (χ3v) is 8.66. The predicted octanol–water partition coefficient (Wildman–Crippen LogP) is 4.61. The third-order valence-electron chi connectivity index (χ3n) is 3.13. The Balaban J connectivity index is 4.01. The lowest BCUT2D eigenvalue weighted by Crippen LogP contribution is -2.39. The van der Waals surface area contributed by atoms with Gasteiger partial charge in [0.2, 0.25) is 0 Å². The zero-order chi connectivity index (χ0) is 11.0. The Kier molecular flexibility index (Phi) is 8.63. The van der Waals surface area contributed by atoms with Crippen molar-refractivity contribution in [1.82, 2.24) is 0 Å². The summed E-state index contributed by atoms with van der Waals surface area (Å²) in [5.74, 6) is 0. The first-order valence-electron chi connectivity index (χ1n) is 5.87. The van der Waals surface area contributed by atoms with Crippen LogP contribution in [0.25, 0.3) is 0 Å². The number of halogens is 1. The molecule has 1 unspecified atom stereocenters. The van der Waals surface area contributed by atoms with Crippen molar-refractivity contribution in [2.45, 2.75) is 64.8 Å². The van der Waals surface area contributed by atoms with Crippen molar-refractivity contribution < 1.29 is 4.43 Å². The highest BCUT2D eigenvalue weighted by Crippen LogP contribution is 2.24. The molecule has 14 heavy (non-hydrogen) atoms. The molecule has 0 spiro atoms. The highest BCUT2D eigenvalue weighted by molar-refractivity contribution is 14.1. The second-order valence-corrected chi connectivity index (χ2v) is 9.81. The zero-order valence-corrected chi connectivity index (χ0v) is 13.3. The van der Waals surface area contributed by atoms with Crippen LogP contribution in [0.1, 0.15) is 40.5 Å². The van der Waals surface area contributed by atoms with Gasteiger partial charge in [0.05, 0.1) is 0 Å². The lowest BCUT2D eigenvalue weighted by Gasteiger charge is -2.31. The molecule has 0 aliphatic carbocycles. The van der Waals surface area contributed by atoms with Gasteiger partial charge in [0, 0.05) is 6.10 Å². The van der Waals surface area contributed by atoms with E-state index in [9.17, 15) is 0 Å². The van der Waals surface area contributed by atoms with Crippen molar-refractivity contribution in [1.29, 1.82) is 0 Å². The van der Waals surface area contributed by atoms with Crippen LogP contribution in [0.5, 0.6) is 0 Å². The second-order valence-electron chi connectivity index (χ2n) is 4.00. The van der Waals surface area contributed by atoms with Gasteiger partial charge in [-0.15, -0.1) is 0 Å². The summed E-state index contributed by atoms with van der Waals surface area (Å²) >= 11 is 2.44. The molecule has 0 aliphatic rings. The summed E-state index contributed by atoms with van der Waals surface area (Å²) in [5.41, 5.74) is 0. The first-order valence-corrected chi connectivity index (χ1v) is 9.93. The van der Waals surface area contributed by atoms with E-state index in [4.69, 9.17) is 4.43 Å². The quantitative estimate of drug-likeness (QED) is 0.359. The van der Waals surface area contributed by atoms with Crippen molar-refractivity contribution in [3.05, 3.63) is 0 Å². The minimum Gasteiger partial charge on any atom is -0.414 e. The lowest BCUT2D eigenvalue weighted by molar-refractivity contribution is 0.195. The van der Waals surface area contributed by atoms with Crippen molar-refractivity contribution in [3.8, 4) is 0 Å². The van der Waals surface area contributed by atoms with Crippen LogP contribution >= 0.6 is 22.6 Å². The zero-order valence-electron chi connectivity index (χ0n) is 10.1. The Labute approximate surface area is 104 Å². The number of alkyl halides is 1. The van der Waals surface area contributed by atoms with Crippen LogP contribution in [-0.4, -0.2) is 18.8 Å². The maximum Gasteiger partial charge on any atom is 0.192 e. The van der Waals surface area contributed by atoms with Crippen molar-refractivity contribution in [2.24, 2.45) is 0 Å². The van der Waals surface area contributed by atoms with Gasteiger partial charge in [-0.25, -0.2) is 0 Å². The maximum absolute atomic E-state index is 6.32. The summed E-state index contributed by atoms with van der Waals surface area (Å²) < 4.78 is 7.58. The molecule has 0 N–H and O–H groups in total. The fraction of sp³-hybridized carbons (Fsp3) is 1.00. The van der Waals surface area contributed by atoms with Gasteiger partial charge < -0.3 is 4.43 Å². The molecule has 86 valence electrons. The summed E-state index contributed by atoms with van der Waals surface area (Å²) in [7, 11) is -1.33. The standard InChI is InChI=1S/C11H25IOSi/c1-5-14(6-2,7-3)13-11(4)9-8-10-12/h11H,5-10H2,1-4H3. The summed E-state index contributed by atoms with van der Waals surface area (Å²) in [4.78, 5) is 0. The van der Waals surface area contributed by atoms with Crippen LogP contribution in [0, 0.1) is 0 Å². The topological polar surface area (TPSA) is 9.23 Å². The summed E-state index contributed by atoms with van der Waals surface area (Å²) in [6.45, 7) is 9.13. The first-order chi connectivity index (χ1) is 6.64. The van der Waals surface area contributed by atoms with Crippen molar-refractivity contribution in [3.63, 3.8) is 0 Å². The van der Waals surface area contributed by atoms with E-state index in [1.807, 2.05) is 0 Å². The van der Waals surface area contributed by atoms with Gasteiger partial charge in [-0.05, 0) is 42.3 Å². The maximum atomic E-state index is 6.32. The van der Waals surface area contributed by atoms with Gasteiger partial charge in [-0.2, -0.15) is 0 Å². The van der Waals surface area contributed by atoms with Crippen LogP contribution in [0.15, 0.2) is 0 Å². The van der Waals surface area contributed by atoms with E-state index in [0.29, 0.717) is 6.10 Å². The Morgan fingerprint density at radius 2 is 1.64 bits per heavy atom. The molecule has 0 saturated carbocycles. The van der Waals surface area contributed by atoms with E-state index in [2.05, 4.69) is 50.3 Å². The molecule has 1 atom stereocenters. The van der Waals surface area contributed by atoms with Gasteiger partial charge in [0.15, 0.2) is 8.32 Å². The van der Waals surface area contributed by atoms with Gasteiger partial charge in [0.1, 0.15) is 0 Å². The molecule has 0 aromatic carbocycles. The minimum atomic E-state index is -1.33. The summed E-state index contributed by atoms with van der Waals surface area (Å²) in [5, 5.41) is 0. The molecular weight excluding hydrogens is 303 g/mol. The van der Waals surface area contributed by atoms with E-state index in [-0.39, 0.29) is 0 Å². The Hall–Kier alpha value is 0.907.